The van der Waals surface area contributed by atoms with Gasteiger partial charge in [-0.25, -0.2) is 0 Å². The molecule has 4 rings (SSSR count). The Balaban J connectivity index is 0.000000216. The Hall–Kier alpha value is -2.50. The summed E-state index contributed by atoms with van der Waals surface area (Å²) in [4.78, 5) is 17.0. The second-order valence-electron chi connectivity index (χ2n) is 11.4. The summed E-state index contributed by atoms with van der Waals surface area (Å²) in [7, 11) is 0. The lowest BCUT2D eigenvalue weighted by Gasteiger charge is -2.37. The minimum Gasteiger partial charge on any atom is -0.411 e. The molecule has 0 radical (unpaired) electrons. The third kappa shape index (κ3) is 9.29. The van der Waals surface area contributed by atoms with Crippen LogP contribution in [0.3, 0.4) is 0 Å². The molecule has 0 bridgehead atoms. The van der Waals surface area contributed by atoms with E-state index >= 15 is 0 Å². The van der Waals surface area contributed by atoms with Gasteiger partial charge in [-0.2, -0.15) is 0 Å². The third-order valence-electron chi connectivity index (χ3n) is 8.74. The van der Waals surface area contributed by atoms with Crippen molar-refractivity contribution >= 4 is 11.5 Å². The Morgan fingerprint density at radius 2 is 1.23 bits per heavy atom. The lowest BCUT2D eigenvalue weighted by Crippen LogP contribution is -2.42. The summed E-state index contributed by atoms with van der Waals surface area (Å²) >= 11 is 0. The predicted molar refractivity (Wildman–Crippen MR) is 162 cm³/mol. The number of hydrogen-bond acceptors (Lipinski definition) is 5. The molecule has 0 saturated carbocycles. The van der Waals surface area contributed by atoms with Crippen molar-refractivity contribution in [2.75, 3.05) is 26.2 Å². The van der Waals surface area contributed by atoms with Crippen LogP contribution in [-0.2, 0) is 4.79 Å². The maximum absolute atomic E-state index is 12.0. The van der Waals surface area contributed by atoms with Crippen LogP contribution in [0.5, 0.6) is 0 Å². The largest absolute Gasteiger partial charge is 0.411 e. The zero-order valence-corrected chi connectivity index (χ0v) is 24.8. The van der Waals surface area contributed by atoms with Crippen LogP contribution in [0.15, 0.2) is 65.8 Å². The first-order valence-corrected chi connectivity index (χ1v) is 15.3. The molecule has 0 spiro atoms. The van der Waals surface area contributed by atoms with Gasteiger partial charge in [0.05, 0.1) is 5.71 Å². The quantitative estimate of drug-likeness (QED) is 0.249. The molecular weight excluding hydrogens is 482 g/mol. The second kappa shape index (κ2) is 16.6. The van der Waals surface area contributed by atoms with Crippen molar-refractivity contribution in [3.05, 3.63) is 71.8 Å². The maximum atomic E-state index is 12.0. The van der Waals surface area contributed by atoms with E-state index in [1.807, 2.05) is 0 Å². The van der Waals surface area contributed by atoms with Crippen molar-refractivity contribution < 1.29 is 10.0 Å². The molecule has 2 aromatic carbocycles. The fourth-order valence-electron chi connectivity index (χ4n) is 6.01. The molecule has 0 amide bonds. The van der Waals surface area contributed by atoms with Crippen molar-refractivity contribution in [2.45, 2.75) is 91.1 Å². The lowest BCUT2D eigenvalue weighted by atomic mass is 9.89. The standard InChI is InChI=1S/C17H26N2O.C17H25NO/c1-3-4-8-16-13-19(12-11-17(16)18-20)14(2)15-9-6-5-7-10-15;1-3-4-8-16-13-18(12-11-17(16)19)14(2)15-9-6-5-7-10-15/h5-7,9-10,14,16,20H,3-4,8,11-13H2,1-2H3;5-7,9-10,14,16H,3-4,8,11-13H2,1-2H3. The van der Waals surface area contributed by atoms with Crippen molar-refractivity contribution in [2.24, 2.45) is 17.0 Å². The van der Waals surface area contributed by atoms with Crippen LogP contribution in [0, 0.1) is 11.8 Å². The van der Waals surface area contributed by atoms with Gasteiger partial charge in [-0.3, -0.25) is 14.6 Å². The highest BCUT2D eigenvalue weighted by Gasteiger charge is 2.30. The van der Waals surface area contributed by atoms with E-state index in [9.17, 15) is 10.0 Å². The normalized spacial score (nSPS) is 23.2. The van der Waals surface area contributed by atoms with Crippen molar-refractivity contribution in [1.82, 2.24) is 9.80 Å². The van der Waals surface area contributed by atoms with E-state index in [-0.39, 0.29) is 5.92 Å². The van der Waals surface area contributed by atoms with Gasteiger partial charge in [-0.05, 0) is 37.8 Å². The van der Waals surface area contributed by atoms with Crippen molar-refractivity contribution in [3.8, 4) is 0 Å². The first kappa shape index (κ1) is 31.0. The molecule has 0 aliphatic carbocycles. The number of oxime groups is 1. The fraction of sp³-hybridized carbons (Fsp3) is 0.588. The second-order valence-corrected chi connectivity index (χ2v) is 11.4. The number of piperidine rings is 2. The third-order valence-corrected chi connectivity index (χ3v) is 8.74. The van der Waals surface area contributed by atoms with E-state index in [1.54, 1.807) is 0 Å². The van der Waals surface area contributed by atoms with Crippen LogP contribution in [0.2, 0.25) is 0 Å². The topological polar surface area (TPSA) is 56.1 Å². The zero-order chi connectivity index (χ0) is 28.0. The highest BCUT2D eigenvalue weighted by molar-refractivity contribution is 5.87. The summed E-state index contributed by atoms with van der Waals surface area (Å²) < 4.78 is 0. The van der Waals surface area contributed by atoms with Crippen LogP contribution in [0.4, 0.5) is 0 Å². The highest BCUT2D eigenvalue weighted by Crippen LogP contribution is 2.28. The molecule has 2 aromatic rings. The number of hydrogen-bond donors (Lipinski definition) is 1. The van der Waals surface area contributed by atoms with E-state index in [0.717, 1.165) is 57.6 Å². The number of nitrogens with zero attached hydrogens (tertiary/aromatic N) is 3. The maximum Gasteiger partial charge on any atom is 0.138 e. The lowest BCUT2D eigenvalue weighted by molar-refractivity contribution is -0.127. The number of carbonyl (C=O) groups excluding carboxylic acids is 1. The number of benzene rings is 2. The van der Waals surface area contributed by atoms with Gasteiger partial charge in [0.25, 0.3) is 0 Å². The number of Topliss-reactive ketones (excluding diaryl/α,β-unsaturated/α-hetero) is 1. The molecule has 0 aromatic heterocycles. The summed E-state index contributed by atoms with van der Waals surface area (Å²) in [5.74, 6) is 1.16. The van der Waals surface area contributed by atoms with Crippen LogP contribution in [0.1, 0.15) is 102 Å². The number of unbranched alkanes of at least 4 members (excludes halogenated alkanes) is 2. The summed E-state index contributed by atoms with van der Waals surface area (Å²) in [5, 5.41) is 12.7. The molecule has 2 fully saturated rings. The zero-order valence-electron chi connectivity index (χ0n) is 24.8. The smallest absolute Gasteiger partial charge is 0.138 e. The molecule has 2 aliphatic heterocycles. The van der Waals surface area contributed by atoms with Gasteiger partial charge < -0.3 is 5.21 Å². The van der Waals surface area contributed by atoms with Crippen LogP contribution < -0.4 is 0 Å². The minimum absolute atomic E-state index is 0.264. The number of likely N-dealkylation sites (tertiary alicyclic amines) is 2. The molecule has 4 unspecified atom stereocenters. The van der Waals surface area contributed by atoms with Crippen LogP contribution in [0.25, 0.3) is 0 Å². The van der Waals surface area contributed by atoms with Crippen LogP contribution in [-0.4, -0.2) is 52.7 Å². The van der Waals surface area contributed by atoms with E-state index in [1.165, 1.54) is 36.8 Å². The Morgan fingerprint density at radius 3 is 1.72 bits per heavy atom. The molecule has 214 valence electrons. The van der Waals surface area contributed by atoms with Gasteiger partial charge in [-0.1, -0.05) is 105 Å². The monoisotopic (exact) mass is 533 g/mol. The molecule has 2 saturated heterocycles. The molecular formula is C34H51N3O2. The molecule has 2 heterocycles. The molecule has 2 aliphatic rings. The molecule has 5 nitrogen and oxygen atoms in total. The van der Waals surface area contributed by atoms with Gasteiger partial charge in [0.2, 0.25) is 0 Å². The van der Waals surface area contributed by atoms with E-state index < -0.39 is 0 Å². The summed E-state index contributed by atoms with van der Waals surface area (Å²) in [6.45, 7) is 12.8. The molecule has 5 heteroatoms. The Morgan fingerprint density at radius 1 is 0.769 bits per heavy atom. The van der Waals surface area contributed by atoms with Crippen molar-refractivity contribution in [3.63, 3.8) is 0 Å². The summed E-state index contributed by atoms with van der Waals surface area (Å²) in [6, 6.07) is 22.1. The first-order chi connectivity index (χ1) is 19.0. The van der Waals surface area contributed by atoms with Gasteiger partial charge in [-0.15, -0.1) is 0 Å². The summed E-state index contributed by atoms with van der Waals surface area (Å²) in [5.41, 5.74) is 3.71. The Kier molecular flexibility index (Phi) is 13.2. The molecule has 1 N–H and O–H groups in total. The van der Waals surface area contributed by atoms with E-state index in [2.05, 4.69) is 103 Å². The SMILES string of the molecule is CCCCC1CN(C(C)c2ccccc2)CCC1=NO.CCCCC1CN(C(C)c2ccccc2)CCC1=O. The van der Waals surface area contributed by atoms with Gasteiger partial charge >= 0.3 is 0 Å². The number of ketones is 1. The van der Waals surface area contributed by atoms with Gasteiger partial charge in [0.15, 0.2) is 0 Å². The molecule has 39 heavy (non-hydrogen) atoms. The first-order valence-electron chi connectivity index (χ1n) is 15.3. The Labute approximate surface area is 237 Å². The van der Waals surface area contributed by atoms with E-state index in [4.69, 9.17) is 0 Å². The van der Waals surface area contributed by atoms with Gasteiger partial charge in [0, 0.05) is 62.9 Å². The highest BCUT2D eigenvalue weighted by atomic mass is 16.4. The summed E-state index contributed by atoms with van der Waals surface area (Å²) in [6.07, 6.45) is 8.57. The Bertz CT molecular complexity index is 994. The molecule has 4 atom stereocenters. The average molecular weight is 534 g/mol. The number of carbonyl (C=O) groups is 1. The van der Waals surface area contributed by atoms with Gasteiger partial charge in [0.1, 0.15) is 5.78 Å². The van der Waals surface area contributed by atoms with Crippen molar-refractivity contribution in [1.29, 1.82) is 0 Å². The fourth-order valence-corrected chi connectivity index (χ4v) is 6.01. The van der Waals surface area contributed by atoms with E-state index in [0.29, 0.717) is 23.8 Å². The minimum atomic E-state index is 0.264. The predicted octanol–water partition coefficient (Wildman–Crippen LogP) is 7.92. The van der Waals surface area contributed by atoms with Crippen LogP contribution >= 0.6 is 0 Å². The number of rotatable bonds is 10. The average Bonchev–Trinajstić information content (AvgIpc) is 3.00.